The molecule has 0 atom stereocenters. The minimum absolute atomic E-state index is 0.718. The molecule has 0 amide bonds. The summed E-state index contributed by atoms with van der Waals surface area (Å²) >= 11 is 1.84. The van der Waals surface area contributed by atoms with Crippen LogP contribution in [-0.2, 0) is 12.2 Å². The molecule has 0 bridgehead atoms. The maximum Gasteiger partial charge on any atom is 0.119 e. The Balaban J connectivity index is 1.40. The van der Waals surface area contributed by atoms with Crippen molar-refractivity contribution in [2.24, 2.45) is 0 Å². The van der Waals surface area contributed by atoms with E-state index in [1.165, 1.54) is 10.5 Å². The number of hydrogen-bond acceptors (Lipinski definition) is 3. The zero-order valence-corrected chi connectivity index (χ0v) is 13.8. The molecule has 3 nitrogen and oxygen atoms in total. The van der Waals surface area contributed by atoms with Gasteiger partial charge in [0.2, 0.25) is 0 Å². The summed E-state index contributed by atoms with van der Waals surface area (Å²) in [6.45, 7) is 0.718. The van der Waals surface area contributed by atoms with Crippen LogP contribution < -0.4 is 4.74 Å². The topological polar surface area (TPSA) is 37.9 Å². The van der Waals surface area contributed by atoms with E-state index in [0.717, 1.165) is 36.6 Å². The Kier molecular flexibility index (Phi) is 5.75. The van der Waals surface area contributed by atoms with Crippen LogP contribution in [-0.4, -0.2) is 16.6 Å². The summed E-state index contributed by atoms with van der Waals surface area (Å²) in [5, 5.41) is 0. The van der Waals surface area contributed by atoms with Gasteiger partial charge in [0.15, 0.2) is 0 Å². The Labute approximate surface area is 141 Å². The van der Waals surface area contributed by atoms with Crippen molar-refractivity contribution in [3.05, 3.63) is 78.4 Å². The summed E-state index contributed by atoms with van der Waals surface area (Å²) in [4.78, 5) is 8.37. The molecule has 23 heavy (non-hydrogen) atoms. The smallest absolute Gasteiger partial charge is 0.119 e. The SMILES string of the molecule is c1ccc(CSc2ccc(OCCCc3cnc[nH]3)cc2)cc1. The summed E-state index contributed by atoms with van der Waals surface area (Å²) in [6.07, 6.45) is 5.51. The van der Waals surface area contributed by atoms with Crippen molar-refractivity contribution in [3.8, 4) is 5.75 Å². The molecule has 1 aromatic heterocycles. The van der Waals surface area contributed by atoms with Crippen LogP contribution in [0.4, 0.5) is 0 Å². The van der Waals surface area contributed by atoms with Crippen molar-refractivity contribution >= 4 is 11.8 Å². The summed E-state index contributed by atoms with van der Waals surface area (Å²) in [7, 11) is 0. The number of ether oxygens (including phenoxy) is 1. The third-order valence-electron chi connectivity index (χ3n) is 3.49. The average Bonchev–Trinajstić information content (AvgIpc) is 3.12. The van der Waals surface area contributed by atoms with Crippen molar-refractivity contribution < 1.29 is 4.74 Å². The molecular weight excluding hydrogens is 304 g/mol. The third-order valence-corrected chi connectivity index (χ3v) is 4.57. The fourth-order valence-electron chi connectivity index (χ4n) is 2.25. The van der Waals surface area contributed by atoms with Crippen LogP contribution >= 0.6 is 11.8 Å². The van der Waals surface area contributed by atoms with E-state index in [9.17, 15) is 0 Å². The predicted molar refractivity (Wildman–Crippen MR) is 94.8 cm³/mol. The normalized spacial score (nSPS) is 10.6. The molecule has 0 fully saturated rings. The first-order chi connectivity index (χ1) is 11.4. The van der Waals surface area contributed by atoms with Gasteiger partial charge in [0.25, 0.3) is 0 Å². The molecule has 3 rings (SSSR count). The minimum atomic E-state index is 0.718. The molecular formula is C19H20N2OS. The van der Waals surface area contributed by atoms with E-state index in [4.69, 9.17) is 4.74 Å². The monoisotopic (exact) mass is 324 g/mol. The van der Waals surface area contributed by atoms with Crippen LogP contribution in [0.25, 0.3) is 0 Å². The van der Waals surface area contributed by atoms with Crippen LogP contribution in [0.15, 0.2) is 72.0 Å². The maximum absolute atomic E-state index is 5.78. The molecule has 0 radical (unpaired) electrons. The summed E-state index contributed by atoms with van der Waals surface area (Å²) < 4.78 is 5.78. The van der Waals surface area contributed by atoms with Crippen molar-refractivity contribution in [2.75, 3.05) is 6.61 Å². The molecule has 0 unspecified atom stereocenters. The number of aromatic nitrogens is 2. The standard InChI is InChI=1S/C19H20N2OS/c1-2-5-16(6-3-1)14-23-19-10-8-18(9-11-19)22-12-4-7-17-13-20-15-21-17/h1-3,5-6,8-11,13,15H,4,7,12,14H2,(H,20,21). The second-order valence-corrected chi connectivity index (χ2v) is 6.32. The number of H-pyrrole nitrogens is 1. The highest BCUT2D eigenvalue weighted by molar-refractivity contribution is 7.98. The van der Waals surface area contributed by atoms with Crippen LogP contribution in [0.2, 0.25) is 0 Å². The molecule has 1 heterocycles. The van der Waals surface area contributed by atoms with Crippen molar-refractivity contribution in [1.82, 2.24) is 9.97 Å². The first kappa shape index (κ1) is 15.7. The lowest BCUT2D eigenvalue weighted by molar-refractivity contribution is 0.310. The minimum Gasteiger partial charge on any atom is -0.494 e. The molecule has 0 saturated heterocycles. The molecule has 0 aliphatic carbocycles. The van der Waals surface area contributed by atoms with Gasteiger partial charge in [0, 0.05) is 22.5 Å². The number of benzene rings is 2. The van der Waals surface area contributed by atoms with Crippen LogP contribution in [0.3, 0.4) is 0 Å². The van der Waals surface area contributed by atoms with Gasteiger partial charge in [0.1, 0.15) is 5.75 Å². The Bertz CT molecular complexity index is 681. The highest BCUT2D eigenvalue weighted by atomic mass is 32.2. The van der Waals surface area contributed by atoms with Gasteiger partial charge in [-0.15, -0.1) is 11.8 Å². The molecule has 4 heteroatoms. The number of nitrogens with one attached hydrogen (secondary N) is 1. The highest BCUT2D eigenvalue weighted by Crippen LogP contribution is 2.24. The van der Waals surface area contributed by atoms with E-state index in [1.807, 2.05) is 36.2 Å². The second kappa shape index (κ2) is 8.44. The summed E-state index contributed by atoms with van der Waals surface area (Å²) in [6, 6.07) is 18.9. The molecule has 0 aliphatic heterocycles. The van der Waals surface area contributed by atoms with Gasteiger partial charge in [-0.25, -0.2) is 4.98 Å². The van der Waals surface area contributed by atoms with Gasteiger partial charge in [-0.05, 0) is 42.7 Å². The van der Waals surface area contributed by atoms with Crippen LogP contribution in [0, 0.1) is 0 Å². The number of rotatable bonds is 8. The second-order valence-electron chi connectivity index (χ2n) is 5.27. The van der Waals surface area contributed by atoms with Crippen molar-refractivity contribution in [2.45, 2.75) is 23.5 Å². The van der Waals surface area contributed by atoms with E-state index in [1.54, 1.807) is 6.33 Å². The van der Waals surface area contributed by atoms with Gasteiger partial charge < -0.3 is 9.72 Å². The third kappa shape index (κ3) is 5.18. The Hall–Kier alpha value is -2.20. The molecule has 2 aromatic carbocycles. The maximum atomic E-state index is 5.78. The molecule has 0 spiro atoms. The average molecular weight is 324 g/mol. The summed E-state index contributed by atoms with van der Waals surface area (Å²) in [5.41, 5.74) is 2.50. The largest absolute Gasteiger partial charge is 0.494 e. The Morgan fingerprint density at radius 2 is 1.83 bits per heavy atom. The van der Waals surface area contributed by atoms with Gasteiger partial charge >= 0.3 is 0 Å². The lowest BCUT2D eigenvalue weighted by Crippen LogP contribution is -1.99. The number of aromatic amines is 1. The summed E-state index contributed by atoms with van der Waals surface area (Å²) in [5.74, 6) is 1.92. The number of aryl methyl sites for hydroxylation is 1. The first-order valence-corrected chi connectivity index (χ1v) is 8.75. The molecule has 0 aliphatic rings. The Morgan fingerprint density at radius 3 is 2.57 bits per heavy atom. The van der Waals surface area contributed by atoms with Gasteiger partial charge in [-0.3, -0.25) is 0 Å². The fourth-order valence-corrected chi connectivity index (χ4v) is 3.10. The molecule has 1 N–H and O–H groups in total. The number of imidazole rings is 1. The van der Waals surface area contributed by atoms with Crippen molar-refractivity contribution in [1.29, 1.82) is 0 Å². The van der Waals surface area contributed by atoms with E-state index >= 15 is 0 Å². The molecule has 118 valence electrons. The quantitative estimate of drug-likeness (QED) is 0.481. The zero-order chi connectivity index (χ0) is 15.7. The van der Waals surface area contributed by atoms with Gasteiger partial charge in [-0.2, -0.15) is 0 Å². The molecule has 3 aromatic rings. The lowest BCUT2D eigenvalue weighted by atomic mass is 10.2. The van der Waals surface area contributed by atoms with Crippen molar-refractivity contribution in [3.63, 3.8) is 0 Å². The first-order valence-electron chi connectivity index (χ1n) is 7.77. The van der Waals surface area contributed by atoms with Gasteiger partial charge in [-0.1, -0.05) is 30.3 Å². The highest BCUT2D eigenvalue weighted by Gasteiger charge is 1.99. The predicted octanol–water partition coefficient (Wildman–Crippen LogP) is 4.71. The van der Waals surface area contributed by atoms with Crippen LogP contribution in [0.1, 0.15) is 17.7 Å². The fraction of sp³-hybridized carbons (Fsp3) is 0.211. The lowest BCUT2D eigenvalue weighted by Gasteiger charge is -2.07. The number of nitrogens with zero attached hydrogens (tertiary/aromatic N) is 1. The van der Waals surface area contributed by atoms with E-state index in [-0.39, 0.29) is 0 Å². The Morgan fingerprint density at radius 1 is 1.00 bits per heavy atom. The van der Waals surface area contributed by atoms with Gasteiger partial charge in [0.05, 0.1) is 12.9 Å². The number of hydrogen-bond donors (Lipinski definition) is 1. The van der Waals surface area contributed by atoms with E-state index in [0.29, 0.717) is 0 Å². The molecule has 0 saturated carbocycles. The van der Waals surface area contributed by atoms with E-state index < -0.39 is 0 Å². The van der Waals surface area contributed by atoms with Crippen LogP contribution in [0.5, 0.6) is 5.75 Å². The number of thioether (sulfide) groups is 1. The van der Waals surface area contributed by atoms with E-state index in [2.05, 4.69) is 46.4 Å². The zero-order valence-electron chi connectivity index (χ0n) is 12.9.